The Bertz CT molecular complexity index is 204. The van der Waals surface area contributed by atoms with Gasteiger partial charge in [-0.2, -0.15) is 0 Å². The molecular weight excluding hydrogens is 210 g/mol. The second kappa shape index (κ2) is 9.41. The minimum absolute atomic E-state index is 0.0258. The van der Waals surface area contributed by atoms with Crippen molar-refractivity contribution in [2.75, 3.05) is 6.61 Å². The fourth-order valence-corrected chi connectivity index (χ4v) is 0.618. The molecule has 0 radical (unpaired) electrons. The maximum absolute atomic E-state index is 9.90. The third kappa shape index (κ3) is 6.86. The average molecular weight is 223 g/mol. The number of carbonyl (C=O) groups is 1. The van der Waals surface area contributed by atoms with Gasteiger partial charge in [0.25, 0.3) is 0 Å². The summed E-state index contributed by atoms with van der Waals surface area (Å²) in [4.78, 5) is 18.2. The summed E-state index contributed by atoms with van der Waals surface area (Å²) in [6.07, 6.45) is -6.09. The first kappa shape index (κ1) is 16.3. The van der Waals surface area contributed by atoms with Gasteiger partial charge in [0, 0.05) is 0 Å². The average Bonchev–Trinajstić information content (AvgIpc) is 2.25. The Balaban J connectivity index is 0. The molecule has 6 N–H and O–H groups in total. The van der Waals surface area contributed by atoms with Crippen LogP contribution in [0.25, 0.3) is 0 Å². The van der Waals surface area contributed by atoms with Gasteiger partial charge in [0.15, 0.2) is 6.29 Å². The van der Waals surface area contributed by atoms with Crippen LogP contribution >= 0.6 is 0 Å². The van der Waals surface area contributed by atoms with E-state index in [0.29, 0.717) is 0 Å². The van der Waals surface area contributed by atoms with E-state index in [1.54, 1.807) is 0 Å². The van der Waals surface area contributed by atoms with Gasteiger partial charge in [-0.15, -0.1) is 0 Å². The lowest BCUT2D eigenvalue weighted by Gasteiger charge is -2.22. The molecule has 8 heteroatoms. The Kier molecular flexibility index (Phi) is 10.2. The van der Waals surface area contributed by atoms with Crippen molar-refractivity contribution in [3.63, 3.8) is 0 Å². The van der Waals surface area contributed by atoms with E-state index in [-0.39, 0.29) is 6.29 Å². The lowest BCUT2D eigenvalue weighted by molar-refractivity contribution is -0.136. The summed E-state index contributed by atoms with van der Waals surface area (Å²) in [6, 6.07) is 0. The molecule has 4 atom stereocenters. The molecule has 0 unspecified atom stereocenters. The smallest absolute Gasteiger partial charge is 0.231 e. The molecule has 0 bridgehead atoms. The number of nitrogens with one attached hydrogen (secondary N) is 1. The molecule has 0 aliphatic heterocycles. The van der Waals surface area contributed by atoms with E-state index in [1.165, 1.54) is 0 Å². The lowest BCUT2D eigenvalue weighted by Crippen LogP contribution is -2.46. The highest BCUT2D eigenvalue weighted by Crippen LogP contribution is 2.02. The molecule has 0 aromatic carbocycles. The Labute approximate surface area is 84.9 Å². The van der Waals surface area contributed by atoms with Crippen LogP contribution in [0.4, 0.5) is 0 Å². The van der Waals surface area contributed by atoms with Gasteiger partial charge < -0.3 is 30.3 Å². The minimum Gasteiger partial charge on any atom is -0.394 e. The predicted octanol–water partition coefficient (Wildman–Crippen LogP) is -3.48. The summed E-state index contributed by atoms with van der Waals surface area (Å²) in [5, 5.41) is 48.9. The van der Waals surface area contributed by atoms with Gasteiger partial charge in [0.05, 0.1) is 6.61 Å². The number of isocyanates is 1. The van der Waals surface area contributed by atoms with Crippen LogP contribution in [-0.2, 0) is 9.59 Å². The first-order chi connectivity index (χ1) is 6.95. The van der Waals surface area contributed by atoms with Gasteiger partial charge in [0.2, 0.25) is 6.08 Å². The molecule has 0 fully saturated rings. The van der Waals surface area contributed by atoms with E-state index >= 15 is 0 Å². The van der Waals surface area contributed by atoms with Crippen molar-refractivity contribution in [1.82, 2.24) is 0 Å². The van der Waals surface area contributed by atoms with Crippen LogP contribution < -0.4 is 0 Å². The molecule has 0 aliphatic carbocycles. The van der Waals surface area contributed by atoms with Crippen molar-refractivity contribution in [1.29, 1.82) is 5.41 Å². The van der Waals surface area contributed by atoms with Crippen LogP contribution in [0.3, 0.4) is 0 Å². The number of aliphatic hydroxyl groups is 5. The SMILES string of the molecule is N=C=O.O=C[C@H](O)[C@@H](O)[C@H](O)[C@H](O)CO. The summed E-state index contributed by atoms with van der Waals surface area (Å²) in [5.41, 5.74) is 0. The molecule has 0 saturated carbocycles. The minimum atomic E-state index is -1.79. The Morgan fingerprint density at radius 1 is 1.20 bits per heavy atom. The molecule has 88 valence electrons. The van der Waals surface area contributed by atoms with E-state index in [1.807, 2.05) is 0 Å². The molecule has 0 aliphatic rings. The Hall–Kier alpha value is -1.15. The van der Waals surface area contributed by atoms with Gasteiger partial charge in [0.1, 0.15) is 24.4 Å². The largest absolute Gasteiger partial charge is 0.394 e. The Morgan fingerprint density at radius 3 is 1.87 bits per heavy atom. The number of aliphatic hydroxyl groups excluding tert-OH is 5. The standard InChI is InChI=1S/C6H12O6.CHNO/c7-1-3(9)5(11)6(12)4(10)2-8;2-1-3/h1,3-6,8-12H,2H2;2H/t3-,4+,5+,6+;/m0./s1. The van der Waals surface area contributed by atoms with Crippen LogP contribution in [0, 0.1) is 5.41 Å². The summed E-state index contributed by atoms with van der Waals surface area (Å²) in [7, 11) is 0. The van der Waals surface area contributed by atoms with E-state index in [9.17, 15) is 4.79 Å². The molecule has 8 nitrogen and oxygen atoms in total. The highest BCUT2D eigenvalue weighted by molar-refractivity contribution is 5.56. The highest BCUT2D eigenvalue weighted by atomic mass is 16.4. The summed E-state index contributed by atoms with van der Waals surface area (Å²) in [6.45, 7) is -0.760. The molecular formula is C7H13NO7. The van der Waals surface area contributed by atoms with Crippen LogP contribution in [0.2, 0.25) is 0 Å². The van der Waals surface area contributed by atoms with Crippen molar-refractivity contribution in [2.45, 2.75) is 24.4 Å². The first-order valence-electron chi connectivity index (χ1n) is 3.78. The van der Waals surface area contributed by atoms with E-state index < -0.39 is 31.0 Å². The zero-order valence-electron chi connectivity index (χ0n) is 7.65. The first-order valence-corrected chi connectivity index (χ1v) is 3.78. The van der Waals surface area contributed by atoms with Crippen LogP contribution in [0.1, 0.15) is 0 Å². The Morgan fingerprint density at radius 2 is 1.60 bits per heavy atom. The molecule has 0 rings (SSSR count). The van der Waals surface area contributed by atoms with Crippen LogP contribution in [0.5, 0.6) is 0 Å². The van der Waals surface area contributed by atoms with E-state index in [4.69, 9.17) is 35.7 Å². The zero-order valence-corrected chi connectivity index (χ0v) is 7.65. The van der Waals surface area contributed by atoms with Crippen LogP contribution in [0.15, 0.2) is 0 Å². The number of hydrogen-bond acceptors (Lipinski definition) is 8. The number of rotatable bonds is 5. The molecule has 0 amide bonds. The van der Waals surface area contributed by atoms with Crippen molar-refractivity contribution < 1.29 is 35.1 Å². The third-order valence-electron chi connectivity index (χ3n) is 1.42. The van der Waals surface area contributed by atoms with Gasteiger partial charge in [-0.25, -0.2) is 10.2 Å². The summed E-state index contributed by atoms with van der Waals surface area (Å²) >= 11 is 0. The molecule has 0 aromatic heterocycles. The van der Waals surface area contributed by atoms with Crippen molar-refractivity contribution in [3.05, 3.63) is 0 Å². The fourth-order valence-electron chi connectivity index (χ4n) is 0.618. The monoisotopic (exact) mass is 223 g/mol. The highest BCUT2D eigenvalue weighted by Gasteiger charge is 2.29. The maximum atomic E-state index is 9.90. The summed E-state index contributed by atoms with van der Waals surface area (Å²) < 4.78 is 0. The van der Waals surface area contributed by atoms with Crippen molar-refractivity contribution in [3.8, 4) is 0 Å². The maximum Gasteiger partial charge on any atom is 0.231 e. The van der Waals surface area contributed by atoms with Gasteiger partial charge >= 0.3 is 0 Å². The number of aldehydes is 1. The third-order valence-corrected chi connectivity index (χ3v) is 1.42. The van der Waals surface area contributed by atoms with Crippen molar-refractivity contribution in [2.24, 2.45) is 0 Å². The molecule has 0 saturated heterocycles. The molecule has 0 spiro atoms. The normalized spacial score (nSPS) is 17.4. The lowest BCUT2D eigenvalue weighted by atomic mass is 10.0. The fraction of sp³-hybridized carbons (Fsp3) is 0.714. The quantitative estimate of drug-likeness (QED) is 0.160. The van der Waals surface area contributed by atoms with E-state index in [0.717, 1.165) is 6.08 Å². The zero-order chi connectivity index (χ0) is 12.4. The predicted molar refractivity (Wildman–Crippen MR) is 45.6 cm³/mol. The molecule has 0 heterocycles. The van der Waals surface area contributed by atoms with E-state index in [2.05, 4.69) is 0 Å². The second-order valence-corrected chi connectivity index (χ2v) is 2.46. The van der Waals surface area contributed by atoms with Crippen LogP contribution in [-0.4, -0.2) is 68.9 Å². The molecule has 15 heavy (non-hydrogen) atoms. The van der Waals surface area contributed by atoms with Gasteiger partial charge in [-0.1, -0.05) is 0 Å². The van der Waals surface area contributed by atoms with Gasteiger partial charge in [-0.3, -0.25) is 0 Å². The summed E-state index contributed by atoms with van der Waals surface area (Å²) in [5.74, 6) is 0. The second-order valence-electron chi connectivity index (χ2n) is 2.46. The van der Waals surface area contributed by atoms with Crippen molar-refractivity contribution >= 4 is 12.4 Å². The molecule has 0 aromatic rings. The number of hydrogen-bond donors (Lipinski definition) is 6. The number of carbonyl (C=O) groups excluding carboxylic acids is 2. The van der Waals surface area contributed by atoms with Gasteiger partial charge in [-0.05, 0) is 0 Å². The topological polar surface area (TPSA) is 159 Å².